The normalized spacial score (nSPS) is 12.2. The maximum Gasteiger partial charge on any atom is 0.420 e. The number of nitrogens with zero attached hydrogens (tertiary/aromatic N) is 1. The first-order valence-electron chi connectivity index (χ1n) is 11.4. The summed E-state index contributed by atoms with van der Waals surface area (Å²) in [5.74, 6) is -8.14. The van der Waals surface area contributed by atoms with E-state index in [0.29, 0.717) is 24.3 Å². The van der Waals surface area contributed by atoms with Gasteiger partial charge in [0.2, 0.25) is 5.75 Å². The number of alkyl halides is 10. The van der Waals surface area contributed by atoms with E-state index in [2.05, 4.69) is 10.1 Å². The number of methoxy groups -OCH3 is 1. The average Bonchev–Trinajstić information content (AvgIpc) is 2.91. The van der Waals surface area contributed by atoms with Crippen molar-refractivity contribution in [1.82, 2.24) is 0 Å². The van der Waals surface area contributed by atoms with Gasteiger partial charge in [0.05, 0.1) is 23.2 Å². The zero-order valence-corrected chi connectivity index (χ0v) is 21.2. The topological polar surface area (TPSA) is 99.9 Å². The Balaban J connectivity index is 1.85. The molecule has 0 spiro atoms. The number of ether oxygens (including phenoxy) is 3. The second-order valence-corrected chi connectivity index (χ2v) is 8.42. The number of halogens is 10. The molecule has 0 aliphatic carbocycles. The molecule has 8 nitrogen and oxygen atoms in total. The number of hydrogen-bond donors (Lipinski definition) is 1. The summed E-state index contributed by atoms with van der Waals surface area (Å²) in [5, 5.41) is 13.4. The molecule has 0 saturated heterocycles. The van der Waals surface area contributed by atoms with Gasteiger partial charge in [0.1, 0.15) is 5.75 Å². The van der Waals surface area contributed by atoms with E-state index < -0.39 is 76.1 Å². The van der Waals surface area contributed by atoms with Gasteiger partial charge in [-0.25, -0.2) is 8.78 Å². The molecule has 232 valence electrons. The molecule has 1 N–H and O–H groups in total. The van der Waals surface area contributed by atoms with Gasteiger partial charge in [0.25, 0.3) is 5.91 Å². The lowest BCUT2D eigenvalue weighted by Gasteiger charge is -2.19. The van der Waals surface area contributed by atoms with Gasteiger partial charge in [0, 0.05) is 17.3 Å². The van der Waals surface area contributed by atoms with Gasteiger partial charge < -0.3 is 19.5 Å². The van der Waals surface area contributed by atoms with Gasteiger partial charge in [-0.05, 0) is 48.5 Å². The zero-order valence-electron chi connectivity index (χ0n) is 21.2. The third kappa shape index (κ3) is 7.95. The number of hydrogen-bond acceptors (Lipinski definition) is 6. The number of rotatable bonds is 10. The summed E-state index contributed by atoms with van der Waals surface area (Å²) >= 11 is 0. The van der Waals surface area contributed by atoms with Crippen molar-refractivity contribution in [2.24, 2.45) is 0 Å². The van der Waals surface area contributed by atoms with E-state index in [1.807, 2.05) is 0 Å². The minimum absolute atomic E-state index is 0.250. The van der Waals surface area contributed by atoms with E-state index in [1.54, 1.807) is 0 Å². The molecule has 0 bridgehead atoms. The number of carbonyl (C=O) groups excluding carboxylic acids is 1. The molecule has 18 heteroatoms. The number of nitro benzene ring substituents is 1. The van der Waals surface area contributed by atoms with Crippen molar-refractivity contribution in [2.75, 3.05) is 19.0 Å². The summed E-state index contributed by atoms with van der Waals surface area (Å²) < 4.78 is 145. The highest BCUT2D eigenvalue weighted by molar-refractivity contribution is 6.04. The summed E-state index contributed by atoms with van der Waals surface area (Å²) in [5.41, 5.74) is -4.79. The number of benzene rings is 3. The Morgan fingerprint density at radius 2 is 1.49 bits per heavy atom. The van der Waals surface area contributed by atoms with E-state index in [4.69, 9.17) is 9.47 Å². The Morgan fingerprint density at radius 3 is 2.05 bits per heavy atom. The first kappa shape index (κ1) is 32.7. The van der Waals surface area contributed by atoms with E-state index in [1.165, 1.54) is 0 Å². The lowest BCUT2D eigenvalue weighted by molar-refractivity contribution is -0.385. The van der Waals surface area contributed by atoms with Crippen LogP contribution in [0, 0.1) is 10.1 Å². The molecule has 0 radical (unpaired) electrons. The van der Waals surface area contributed by atoms with Gasteiger partial charge in [0.15, 0.2) is 18.1 Å². The van der Waals surface area contributed by atoms with Crippen molar-refractivity contribution in [3.05, 3.63) is 81.4 Å². The van der Waals surface area contributed by atoms with E-state index in [9.17, 15) is 58.8 Å². The van der Waals surface area contributed by atoms with E-state index in [-0.39, 0.29) is 23.1 Å². The Kier molecular flexibility index (Phi) is 9.31. The largest absolute Gasteiger partial charge is 0.493 e. The highest BCUT2D eigenvalue weighted by Gasteiger charge is 2.43. The minimum Gasteiger partial charge on any atom is -0.493 e. The lowest BCUT2D eigenvalue weighted by Crippen LogP contribution is -2.34. The summed E-state index contributed by atoms with van der Waals surface area (Å²) in [7, 11) is 1.08. The molecule has 0 atom stereocenters. The highest BCUT2D eigenvalue weighted by atomic mass is 19.4. The number of amides is 1. The standard InChI is InChI=1S/C25H16F10N2O6/c1-41-20-8-12(2-5-19(20)43-18-6-3-13(24(30,31)32)9-16(18)37(39)40)21(38)36-14-4-7-17(15(10-14)25(33,34)35)42-11-23(28,29)22(26)27/h2-10,22H,11H2,1H3,(H,36,38). The first-order chi connectivity index (χ1) is 19.8. The fourth-order valence-electron chi connectivity index (χ4n) is 3.33. The molecule has 0 unspecified atom stereocenters. The van der Waals surface area contributed by atoms with Crippen molar-refractivity contribution in [3.63, 3.8) is 0 Å². The molecule has 43 heavy (non-hydrogen) atoms. The summed E-state index contributed by atoms with van der Waals surface area (Å²) in [4.78, 5) is 22.9. The van der Waals surface area contributed by atoms with Gasteiger partial charge in [-0.1, -0.05) is 0 Å². The fourth-order valence-corrected chi connectivity index (χ4v) is 3.33. The Labute approximate surface area is 233 Å². The van der Waals surface area contributed by atoms with Crippen LogP contribution in [-0.2, 0) is 12.4 Å². The molecule has 1 amide bonds. The second kappa shape index (κ2) is 12.2. The number of nitrogens with one attached hydrogen (secondary N) is 1. The molecule has 3 rings (SSSR count). The van der Waals surface area contributed by atoms with Crippen molar-refractivity contribution >= 4 is 17.3 Å². The zero-order chi connectivity index (χ0) is 32.3. The molecular weight excluding hydrogens is 614 g/mol. The van der Waals surface area contributed by atoms with E-state index in [0.717, 1.165) is 31.4 Å². The average molecular weight is 630 g/mol. The number of carbonyl (C=O) groups is 1. The molecular formula is C25H16F10N2O6. The predicted molar refractivity (Wildman–Crippen MR) is 127 cm³/mol. The molecule has 0 aliphatic rings. The highest BCUT2D eigenvalue weighted by Crippen LogP contribution is 2.41. The van der Waals surface area contributed by atoms with Gasteiger partial charge in [-0.2, -0.15) is 35.1 Å². The first-order valence-corrected chi connectivity index (χ1v) is 11.4. The van der Waals surface area contributed by atoms with Crippen molar-refractivity contribution in [3.8, 4) is 23.0 Å². The lowest BCUT2D eigenvalue weighted by atomic mass is 10.1. The summed E-state index contributed by atoms with van der Waals surface area (Å²) in [6.45, 7) is -2.05. The maximum atomic E-state index is 13.5. The van der Waals surface area contributed by atoms with E-state index >= 15 is 0 Å². The second-order valence-electron chi connectivity index (χ2n) is 8.42. The fraction of sp³-hybridized carbons (Fsp3) is 0.240. The Hall–Kier alpha value is -4.77. The molecule has 3 aromatic rings. The van der Waals surface area contributed by atoms with Crippen LogP contribution in [0.5, 0.6) is 23.0 Å². The number of nitro groups is 1. The van der Waals surface area contributed by atoms with Crippen molar-refractivity contribution < 1.29 is 67.8 Å². The van der Waals surface area contributed by atoms with Crippen LogP contribution in [0.4, 0.5) is 55.3 Å². The smallest absolute Gasteiger partial charge is 0.420 e. The molecule has 0 saturated carbocycles. The van der Waals surface area contributed by atoms with Crippen LogP contribution in [0.25, 0.3) is 0 Å². The van der Waals surface area contributed by atoms with Gasteiger partial charge >= 0.3 is 30.4 Å². The molecule has 0 aliphatic heterocycles. The van der Waals surface area contributed by atoms with Crippen LogP contribution in [0.3, 0.4) is 0 Å². The molecule has 0 heterocycles. The quantitative estimate of drug-likeness (QED) is 0.139. The molecule has 3 aromatic carbocycles. The number of anilines is 1. The Bertz CT molecular complexity index is 1510. The van der Waals surface area contributed by atoms with Crippen LogP contribution in [0.2, 0.25) is 0 Å². The van der Waals surface area contributed by atoms with Crippen LogP contribution in [0.1, 0.15) is 21.5 Å². The minimum atomic E-state index is -5.21. The summed E-state index contributed by atoms with van der Waals surface area (Å²) in [6.07, 6.45) is -14.3. The van der Waals surface area contributed by atoms with Crippen LogP contribution in [-0.4, -0.2) is 36.9 Å². The van der Waals surface area contributed by atoms with Crippen LogP contribution >= 0.6 is 0 Å². The molecule has 0 aromatic heterocycles. The molecule has 0 fully saturated rings. The maximum absolute atomic E-state index is 13.5. The monoisotopic (exact) mass is 630 g/mol. The third-order valence-corrected chi connectivity index (χ3v) is 5.41. The SMILES string of the molecule is COc1cc(C(=O)Nc2ccc(OCC(F)(F)C(F)F)c(C(F)(F)F)c2)ccc1Oc1ccc(C(F)(F)F)cc1[N+](=O)[O-]. The Morgan fingerprint density at radius 1 is 0.860 bits per heavy atom. The third-order valence-electron chi connectivity index (χ3n) is 5.41. The van der Waals surface area contributed by atoms with Crippen molar-refractivity contribution in [2.45, 2.75) is 24.7 Å². The summed E-state index contributed by atoms with van der Waals surface area (Å²) in [6, 6.07) is 6.22. The van der Waals surface area contributed by atoms with Gasteiger partial charge in [-0.3, -0.25) is 14.9 Å². The van der Waals surface area contributed by atoms with Crippen LogP contribution in [0.15, 0.2) is 54.6 Å². The van der Waals surface area contributed by atoms with Gasteiger partial charge in [-0.15, -0.1) is 0 Å². The van der Waals surface area contributed by atoms with Crippen molar-refractivity contribution in [1.29, 1.82) is 0 Å². The van der Waals surface area contributed by atoms with Crippen LogP contribution < -0.4 is 19.5 Å². The predicted octanol–water partition coefficient (Wildman–Crippen LogP) is 7.96.